The Morgan fingerprint density at radius 2 is 1.50 bits per heavy atom. The van der Waals surface area contributed by atoms with Crippen molar-refractivity contribution in [3.8, 4) is 33.5 Å². The van der Waals surface area contributed by atoms with Gasteiger partial charge in [-0.05, 0) is 68.7 Å². The second-order valence-electron chi connectivity index (χ2n) is 10.1. The quantitative estimate of drug-likeness (QED) is 0.297. The monoisotopic (exact) mass is 391 g/mol. The summed E-state index contributed by atoms with van der Waals surface area (Å²) >= 11 is 0. The maximum absolute atomic E-state index is 4.88. The van der Waals surface area contributed by atoms with Crippen LogP contribution >= 0.6 is 0 Å². The summed E-state index contributed by atoms with van der Waals surface area (Å²) in [6.07, 6.45) is 3.05. The van der Waals surface area contributed by atoms with Crippen molar-refractivity contribution >= 4 is 10.8 Å². The van der Waals surface area contributed by atoms with Crippen LogP contribution in [0.2, 0.25) is 0 Å². The lowest BCUT2D eigenvalue weighted by Gasteiger charge is -2.22. The van der Waals surface area contributed by atoms with Crippen LogP contribution in [-0.2, 0) is 11.8 Å². The minimum Gasteiger partial charge on any atom is -0.256 e. The first-order valence-electron chi connectivity index (χ1n) is 11.0. The van der Waals surface area contributed by atoms with Crippen LogP contribution in [0, 0.1) is 5.92 Å². The molecule has 30 heavy (non-hydrogen) atoms. The van der Waals surface area contributed by atoms with E-state index in [1.54, 1.807) is 0 Å². The summed E-state index contributed by atoms with van der Waals surface area (Å²) in [4.78, 5) is 4.88. The van der Waals surface area contributed by atoms with Gasteiger partial charge in [0, 0.05) is 17.1 Å². The molecule has 0 fully saturated rings. The van der Waals surface area contributed by atoms with Gasteiger partial charge in [0.1, 0.15) is 0 Å². The van der Waals surface area contributed by atoms with Crippen LogP contribution in [-0.4, -0.2) is 4.98 Å². The van der Waals surface area contributed by atoms with E-state index in [4.69, 9.17) is 4.98 Å². The molecule has 1 aromatic heterocycles. The average Bonchev–Trinajstić information content (AvgIpc) is 2.82. The third kappa shape index (κ3) is 3.04. The van der Waals surface area contributed by atoms with Crippen molar-refractivity contribution in [1.82, 2.24) is 4.98 Å². The number of benzene rings is 3. The van der Waals surface area contributed by atoms with Gasteiger partial charge in [-0.1, -0.05) is 83.1 Å². The summed E-state index contributed by atoms with van der Waals surface area (Å²) in [6.45, 7) is 11.4. The molecule has 0 amide bonds. The van der Waals surface area contributed by atoms with Crippen LogP contribution in [0.25, 0.3) is 44.3 Å². The zero-order valence-corrected chi connectivity index (χ0v) is 18.6. The van der Waals surface area contributed by atoms with E-state index >= 15 is 0 Å². The lowest BCUT2D eigenvalue weighted by molar-refractivity contribution is 0.590. The summed E-state index contributed by atoms with van der Waals surface area (Å²) in [6, 6.07) is 22.7. The minimum absolute atomic E-state index is 0.107. The van der Waals surface area contributed by atoms with E-state index in [1.807, 2.05) is 6.20 Å². The summed E-state index contributed by atoms with van der Waals surface area (Å²) in [7, 11) is 0. The molecule has 0 saturated carbocycles. The van der Waals surface area contributed by atoms with Crippen molar-refractivity contribution in [2.75, 3.05) is 0 Å². The van der Waals surface area contributed by atoms with Gasteiger partial charge >= 0.3 is 0 Å². The topological polar surface area (TPSA) is 12.9 Å². The second-order valence-corrected chi connectivity index (χ2v) is 10.1. The van der Waals surface area contributed by atoms with Gasteiger partial charge in [-0.15, -0.1) is 0 Å². The number of rotatable bonds is 2. The van der Waals surface area contributed by atoms with E-state index < -0.39 is 0 Å². The number of hydrogen-bond acceptors (Lipinski definition) is 1. The fourth-order valence-electron chi connectivity index (χ4n) is 4.78. The highest BCUT2D eigenvalue weighted by atomic mass is 14.7. The zero-order chi connectivity index (χ0) is 21.0. The molecule has 1 aliphatic rings. The molecule has 0 N–H and O–H groups in total. The summed E-state index contributed by atoms with van der Waals surface area (Å²) in [5.41, 5.74) is 10.4. The van der Waals surface area contributed by atoms with E-state index in [-0.39, 0.29) is 5.41 Å². The van der Waals surface area contributed by atoms with E-state index in [0.717, 1.165) is 12.1 Å². The normalized spacial score (nSPS) is 12.6. The smallest absolute Gasteiger partial charge is 0.0792 e. The van der Waals surface area contributed by atoms with Gasteiger partial charge in [-0.3, -0.25) is 4.98 Å². The molecule has 150 valence electrons. The van der Waals surface area contributed by atoms with Gasteiger partial charge in [-0.2, -0.15) is 0 Å². The van der Waals surface area contributed by atoms with Crippen molar-refractivity contribution in [2.24, 2.45) is 5.92 Å². The predicted octanol–water partition coefficient (Wildman–Crippen LogP) is 8.05. The molecule has 1 heteroatoms. The molecule has 5 rings (SSSR count). The molecule has 1 heterocycles. The molecule has 1 aliphatic carbocycles. The lowest BCUT2D eigenvalue weighted by atomic mass is 9.82. The first kappa shape index (κ1) is 19.1. The number of nitrogens with zero attached hydrogens (tertiary/aromatic N) is 1. The van der Waals surface area contributed by atoms with Crippen molar-refractivity contribution in [2.45, 2.75) is 46.5 Å². The SMILES string of the molecule is CC(C)Cc1cc2c3c(nccc3c1)-c1ccccc1-c1cc(C(C)(C)C)ccc1-2. The van der Waals surface area contributed by atoms with Crippen LogP contribution in [0.3, 0.4) is 0 Å². The van der Waals surface area contributed by atoms with Crippen LogP contribution in [0.1, 0.15) is 45.7 Å². The molecule has 3 aromatic carbocycles. The Labute approximate surface area is 179 Å². The Morgan fingerprint density at radius 1 is 0.767 bits per heavy atom. The predicted molar refractivity (Wildman–Crippen MR) is 129 cm³/mol. The Kier molecular flexibility index (Phi) is 4.32. The van der Waals surface area contributed by atoms with Crippen LogP contribution in [0.5, 0.6) is 0 Å². The molecular weight excluding hydrogens is 362 g/mol. The summed E-state index contributed by atoms with van der Waals surface area (Å²) in [5, 5.41) is 2.57. The van der Waals surface area contributed by atoms with Gasteiger partial charge in [0.05, 0.1) is 5.69 Å². The molecule has 0 spiro atoms. The third-order valence-electron chi connectivity index (χ3n) is 6.22. The maximum Gasteiger partial charge on any atom is 0.0792 e. The number of hydrogen-bond donors (Lipinski definition) is 0. The molecule has 0 radical (unpaired) electrons. The number of pyridine rings is 1. The van der Waals surface area contributed by atoms with E-state index in [9.17, 15) is 0 Å². The first-order chi connectivity index (χ1) is 14.3. The van der Waals surface area contributed by atoms with Gasteiger partial charge in [0.15, 0.2) is 0 Å². The van der Waals surface area contributed by atoms with Crippen molar-refractivity contribution in [3.05, 3.63) is 78.0 Å². The largest absolute Gasteiger partial charge is 0.256 e. The Hall–Kier alpha value is -2.93. The standard InChI is InChI=1S/C29H29N/c1-18(2)14-19-15-20-12-13-30-28-24-9-7-6-8-22(24)25-17-21(29(3,4)5)10-11-23(25)26(16-19)27(20)28/h6-13,15-18H,14H2,1-5H3. The molecule has 0 saturated heterocycles. The molecule has 0 atom stereocenters. The van der Waals surface area contributed by atoms with Gasteiger partial charge in [-0.25, -0.2) is 0 Å². The number of fused-ring (bicyclic) bond motifs is 5. The molecular formula is C29H29N. The molecule has 0 aliphatic heterocycles. The minimum atomic E-state index is 0.107. The third-order valence-corrected chi connectivity index (χ3v) is 6.22. The molecule has 4 aromatic rings. The molecule has 1 nitrogen and oxygen atoms in total. The zero-order valence-electron chi connectivity index (χ0n) is 18.6. The highest BCUT2D eigenvalue weighted by Crippen LogP contribution is 2.48. The Morgan fingerprint density at radius 3 is 2.23 bits per heavy atom. The fourth-order valence-corrected chi connectivity index (χ4v) is 4.78. The molecule has 0 bridgehead atoms. The number of aromatic nitrogens is 1. The van der Waals surface area contributed by atoms with E-state index in [2.05, 4.69) is 95.3 Å². The highest BCUT2D eigenvalue weighted by molar-refractivity contribution is 6.12. The molecule has 0 unspecified atom stereocenters. The van der Waals surface area contributed by atoms with Crippen LogP contribution in [0.4, 0.5) is 0 Å². The second kappa shape index (κ2) is 6.80. The lowest BCUT2D eigenvalue weighted by Crippen LogP contribution is -2.11. The van der Waals surface area contributed by atoms with Gasteiger partial charge < -0.3 is 0 Å². The van der Waals surface area contributed by atoms with Crippen molar-refractivity contribution in [1.29, 1.82) is 0 Å². The van der Waals surface area contributed by atoms with Gasteiger partial charge in [0.2, 0.25) is 0 Å². The fraction of sp³-hybridized carbons (Fsp3) is 0.276. The summed E-state index contributed by atoms with van der Waals surface area (Å²) < 4.78 is 0. The summed E-state index contributed by atoms with van der Waals surface area (Å²) in [5.74, 6) is 0.627. The Bertz CT molecular complexity index is 1270. The van der Waals surface area contributed by atoms with Crippen LogP contribution < -0.4 is 0 Å². The average molecular weight is 392 g/mol. The van der Waals surface area contributed by atoms with Crippen molar-refractivity contribution < 1.29 is 0 Å². The van der Waals surface area contributed by atoms with E-state index in [0.29, 0.717) is 5.92 Å². The Balaban J connectivity index is 1.92. The highest BCUT2D eigenvalue weighted by Gasteiger charge is 2.24. The first-order valence-corrected chi connectivity index (χ1v) is 11.0. The van der Waals surface area contributed by atoms with Crippen molar-refractivity contribution in [3.63, 3.8) is 0 Å². The van der Waals surface area contributed by atoms with Gasteiger partial charge in [0.25, 0.3) is 0 Å². The van der Waals surface area contributed by atoms with E-state index in [1.165, 1.54) is 49.7 Å². The van der Waals surface area contributed by atoms with Crippen LogP contribution in [0.15, 0.2) is 66.9 Å². The maximum atomic E-state index is 4.88.